The average molecular weight is 287 g/mol. The zero-order chi connectivity index (χ0) is 11.7. The Morgan fingerprint density at radius 2 is 2.12 bits per heavy atom. The van der Waals surface area contributed by atoms with Gasteiger partial charge in [-0.2, -0.15) is 5.10 Å². The Hall–Kier alpha value is -1.23. The summed E-state index contributed by atoms with van der Waals surface area (Å²) < 4.78 is 27.2. The van der Waals surface area contributed by atoms with Crippen molar-refractivity contribution in [1.29, 1.82) is 0 Å². The van der Waals surface area contributed by atoms with E-state index in [-0.39, 0.29) is 5.56 Å². The number of benzene rings is 1. The van der Waals surface area contributed by atoms with Crippen molar-refractivity contribution < 1.29 is 8.78 Å². The molecule has 1 aromatic heterocycles. The fourth-order valence-corrected chi connectivity index (χ4v) is 2.13. The number of aromatic amines is 1. The summed E-state index contributed by atoms with van der Waals surface area (Å²) in [5.74, 6) is -0.972. The van der Waals surface area contributed by atoms with Crippen LogP contribution in [0.1, 0.15) is 12.6 Å². The number of rotatable bonds is 2. The van der Waals surface area contributed by atoms with Gasteiger partial charge >= 0.3 is 0 Å². The van der Waals surface area contributed by atoms with Gasteiger partial charge in [0.25, 0.3) is 0 Å². The normalized spacial score (nSPS) is 10.8. The standard InChI is InChI=1S/C11H9BrF2N2/c1-2-9-10(12)11(16-15-9)7-5-6(13)3-4-8(7)14/h3-5H,2H2,1H3,(H,15,16). The van der Waals surface area contributed by atoms with E-state index in [9.17, 15) is 8.78 Å². The maximum absolute atomic E-state index is 13.5. The molecule has 1 aromatic carbocycles. The van der Waals surface area contributed by atoms with Crippen molar-refractivity contribution in [2.75, 3.05) is 0 Å². The molecule has 1 N–H and O–H groups in total. The van der Waals surface area contributed by atoms with Crippen molar-refractivity contribution in [1.82, 2.24) is 10.2 Å². The van der Waals surface area contributed by atoms with E-state index in [4.69, 9.17) is 0 Å². The van der Waals surface area contributed by atoms with Crippen LogP contribution in [0.4, 0.5) is 8.78 Å². The highest BCUT2D eigenvalue weighted by Gasteiger charge is 2.15. The van der Waals surface area contributed by atoms with E-state index in [0.717, 1.165) is 30.3 Å². The first kappa shape index (κ1) is 11.3. The molecule has 0 aliphatic rings. The molecule has 0 saturated heterocycles. The summed E-state index contributed by atoms with van der Waals surface area (Å²) in [6.45, 7) is 1.95. The third-order valence-corrected chi connectivity index (χ3v) is 3.17. The van der Waals surface area contributed by atoms with Gasteiger partial charge in [-0.1, -0.05) is 6.92 Å². The minimum atomic E-state index is -0.490. The van der Waals surface area contributed by atoms with Crippen LogP contribution >= 0.6 is 15.9 Å². The highest BCUT2D eigenvalue weighted by Crippen LogP contribution is 2.31. The quantitative estimate of drug-likeness (QED) is 0.896. The second-order valence-electron chi connectivity index (χ2n) is 3.34. The maximum atomic E-state index is 13.5. The first-order valence-electron chi connectivity index (χ1n) is 4.81. The third kappa shape index (κ3) is 1.87. The summed E-state index contributed by atoms with van der Waals surface area (Å²) in [4.78, 5) is 0. The van der Waals surface area contributed by atoms with Gasteiger partial charge in [0, 0.05) is 11.3 Å². The van der Waals surface area contributed by atoms with Crippen LogP contribution in [0.2, 0.25) is 0 Å². The molecule has 0 unspecified atom stereocenters. The van der Waals surface area contributed by atoms with Gasteiger partial charge in [0.05, 0.1) is 4.47 Å². The van der Waals surface area contributed by atoms with Gasteiger partial charge in [-0.15, -0.1) is 0 Å². The number of hydrogen-bond donors (Lipinski definition) is 1. The van der Waals surface area contributed by atoms with E-state index in [2.05, 4.69) is 26.1 Å². The summed E-state index contributed by atoms with van der Waals surface area (Å²) >= 11 is 3.32. The summed E-state index contributed by atoms with van der Waals surface area (Å²) in [5.41, 5.74) is 1.41. The van der Waals surface area contributed by atoms with Crippen LogP contribution in [0.3, 0.4) is 0 Å². The molecule has 2 aromatic rings. The SMILES string of the molecule is CCc1[nH]nc(-c2cc(F)ccc2F)c1Br. The van der Waals surface area contributed by atoms with Crippen LogP contribution in [0, 0.1) is 11.6 Å². The van der Waals surface area contributed by atoms with Gasteiger partial charge in [-0.05, 0) is 40.5 Å². The van der Waals surface area contributed by atoms with Gasteiger partial charge in [0.15, 0.2) is 0 Å². The Morgan fingerprint density at radius 1 is 1.38 bits per heavy atom. The van der Waals surface area contributed by atoms with E-state index in [1.54, 1.807) is 0 Å². The molecule has 0 amide bonds. The van der Waals surface area contributed by atoms with Crippen molar-refractivity contribution in [3.63, 3.8) is 0 Å². The van der Waals surface area contributed by atoms with Crippen molar-refractivity contribution >= 4 is 15.9 Å². The van der Waals surface area contributed by atoms with Gasteiger partial charge < -0.3 is 0 Å². The molecule has 2 rings (SSSR count). The minimum Gasteiger partial charge on any atom is -0.281 e. The molecule has 0 bridgehead atoms. The van der Waals surface area contributed by atoms with E-state index >= 15 is 0 Å². The predicted molar refractivity (Wildman–Crippen MR) is 61.0 cm³/mol. The predicted octanol–water partition coefficient (Wildman–Crippen LogP) is 3.68. The molecule has 0 aliphatic heterocycles. The minimum absolute atomic E-state index is 0.155. The molecule has 1 heterocycles. The van der Waals surface area contributed by atoms with E-state index in [1.165, 1.54) is 0 Å². The second-order valence-corrected chi connectivity index (χ2v) is 4.14. The highest BCUT2D eigenvalue weighted by molar-refractivity contribution is 9.10. The largest absolute Gasteiger partial charge is 0.281 e. The second kappa shape index (κ2) is 4.33. The van der Waals surface area contributed by atoms with Crippen molar-refractivity contribution in [3.05, 3.63) is 40.0 Å². The molecule has 16 heavy (non-hydrogen) atoms. The first-order chi connectivity index (χ1) is 7.63. The number of aryl methyl sites for hydroxylation is 1. The van der Waals surface area contributed by atoms with Crippen LogP contribution in [-0.2, 0) is 6.42 Å². The van der Waals surface area contributed by atoms with Crippen LogP contribution in [0.25, 0.3) is 11.3 Å². The van der Waals surface area contributed by atoms with Gasteiger partial charge in [-0.25, -0.2) is 8.78 Å². The molecule has 0 aliphatic carbocycles. The van der Waals surface area contributed by atoms with Crippen molar-refractivity contribution in [2.24, 2.45) is 0 Å². The first-order valence-corrected chi connectivity index (χ1v) is 5.61. The molecule has 2 nitrogen and oxygen atoms in total. The van der Waals surface area contributed by atoms with E-state index in [1.807, 2.05) is 6.92 Å². The molecule has 5 heteroatoms. The topological polar surface area (TPSA) is 28.7 Å². The highest BCUT2D eigenvalue weighted by atomic mass is 79.9. The Labute approximate surface area is 99.8 Å². The Bertz CT molecular complexity index is 523. The Morgan fingerprint density at radius 3 is 2.75 bits per heavy atom. The number of nitrogens with zero attached hydrogens (tertiary/aromatic N) is 1. The van der Waals surface area contributed by atoms with Crippen LogP contribution in [-0.4, -0.2) is 10.2 Å². The lowest BCUT2D eigenvalue weighted by molar-refractivity contribution is 0.602. The summed E-state index contributed by atoms with van der Waals surface area (Å²) in [5, 5.41) is 6.76. The summed E-state index contributed by atoms with van der Waals surface area (Å²) in [6.07, 6.45) is 0.741. The summed E-state index contributed by atoms with van der Waals surface area (Å²) in [6, 6.07) is 3.31. The number of halogens is 3. The maximum Gasteiger partial charge on any atom is 0.132 e. The Balaban J connectivity index is 2.58. The number of H-pyrrole nitrogens is 1. The molecule has 0 spiro atoms. The molecule has 84 valence electrons. The van der Waals surface area contributed by atoms with E-state index in [0.29, 0.717) is 10.2 Å². The monoisotopic (exact) mass is 286 g/mol. The van der Waals surface area contributed by atoms with Crippen LogP contribution in [0.5, 0.6) is 0 Å². The number of hydrogen-bond acceptors (Lipinski definition) is 1. The van der Waals surface area contributed by atoms with Crippen molar-refractivity contribution in [2.45, 2.75) is 13.3 Å². The van der Waals surface area contributed by atoms with Crippen molar-refractivity contribution in [3.8, 4) is 11.3 Å². The van der Waals surface area contributed by atoms with Crippen LogP contribution in [0.15, 0.2) is 22.7 Å². The zero-order valence-corrected chi connectivity index (χ0v) is 10.1. The summed E-state index contributed by atoms with van der Waals surface area (Å²) in [7, 11) is 0. The average Bonchev–Trinajstić information content (AvgIpc) is 2.63. The molecular formula is C11H9BrF2N2. The van der Waals surface area contributed by atoms with Gasteiger partial charge in [0.2, 0.25) is 0 Å². The van der Waals surface area contributed by atoms with Crippen LogP contribution < -0.4 is 0 Å². The number of nitrogens with one attached hydrogen (secondary N) is 1. The molecule has 0 saturated carbocycles. The van der Waals surface area contributed by atoms with Gasteiger partial charge in [0.1, 0.15) is 17.3 Å². The fraction of sp³-hybridized carbons (Fsp3) is 0.182. The molecule has 0 atom stereocenters. The fourth-order valence-electron chi connectivity index (χ4n) is 1.46. The number of aromatic nitrogens is 2. The molecule has 0 radical (unpaired) electrons. The Kier molecular flexibility index (Phi) is 3.05. The lowest BCUT2D eigenvalue weighted by Crippen LogP contribution is -1.87. The molecule has 0 fully saturated rings. The zero-order valence-electron chi connectivity index (χ0n) is 8.52. The van der Waals surface area contributed by atoms with E-state index < -0.39 is 11.6 Å². The lowest BCUT2D eigenvalue weighted by atomic mass is 10.1. The molecular weight excluding hydrogens is 278 g/mol. The smallest absolute Gasteiger partial charge is 0.132 e. The lowest BCUT2D eigenvalue weighted by Gasteiger charge is -2.00. The third-order valence-electron chi connectivity index (χ3n) is 2.31. The van der Waals surface area contributed by atoms with Gasteiger partial charge in [-0.3, -0.25) is 5.10 Å².